The smallest absolute Gasteiger partial charge is 0.338 e. The van der Waals surface area contributed by atoms with Crippen molar-refractivity contribution in [1.29, 1.82) is 0 Å². The average Bonchev–Trinajstić information content (AvgIpc) is 2.29. The SMILES string of the molecule is CC(C)C(COC(=O)c1ccccc1)C(F)F. The first-order valence-electron chi connectivity index (χ1n) is 5.52. The zero-order chi connectivity index (χ0) is 12.8. The van der Waals surface area contributed by atoms with Gasteiger partial charge in [0, 0.05) is 0 Å². The van der Waals surface area contributed by atoms with Gasteiger partial charge < -0.3 is 4.74 Å². The molecule has 1 rings (SSSR count). The maximum Gasteiger partial charge on any atom is 0.338 e. The number of esters is 1. The molecule has 0 saturated heterocycles. The maximum atomic E-state index is 12.6. The van der Waals surface area contributed by atoms with Gasteiger partial charge in [0.2, 0.25) is 6.43 Å². The van der Waals surface area contributed by atoms with Crippen LogP contribution in [0.5, 0.6) is 0 Å². The van der Waals surface area contributed by atoms with Crippen LogP contribution < -0.4 is 0 Å². The van der Waals surface area contributed by atoms with Crippen LogP contribution >= 0.6 is 0 Å². The Morgan fingerprint density at radius 2 is 1.82 bits per heavy atom. The normalized spacial score (nSPS) is 12.8. The Hall–Kier alpha value is -1.45. The van der Waals surface area contributed by atoms with Crippen LogP contribution in [0.4, 0.5) is 8.78 Å². The highest BCUT2D eigenvalue weighted by molar-refractivity contribution is 5.89. The molecule has 1 atom stereocenters. The molecule has 0 aromatic heterocycles. The van der Waals surface area contributed by atoms with Crippen molar-refractivity contribution in [2.75, 3.05) is 6.61 Å². The summed E-state index contributed by atoms with van der Waals surface area (Å²) in [5, 5.41) is 0. The molecule has 0 fully saturated rings. The number of ether oxygens (including phenoxy) is 1. The highest BCUT2D eigenvalue weighted by Gasteiger charge is 2.25. The molecule has 0 N–H and O–H groups in total. The summed E-state index contributed by atoms with van der Waals surface area (Å²) in [6.45, 7) is 3.13. The van der Waals surface area contributed by atoms with Gasteiger partial charge in [-0.2, -0.15) is 0 Å². The number of carbonyl (C=O) groups is 1. The van der Waals surface area contributed by atoms with Crippen molar-refractivity contribution in [2.24, 2.45) is 11.8 Å². The molecule has 0 bridgehead atoms. The second-order valence-corrected chi connectivity index (χ2v) is 4.21. The van der Waals surface area contributed by atoms with E-state index < -0.39 is 18.3 Å². The molecule has 0 aliphatic carbocycles. The predicted molar refractivity (Wildman–Crippen MR) is 61.1 cm³/mol. The first-order valence-corrected chi connectivity index (χ1v) is 5.52. The molecular formula is C13H16F2O2. The molecule has 0 saturated carbocycles. The van der Waals surface area contributed by atoms with Crippen LogP contribution in [0.1, 0.15) is 24.2 Å². The van der Waals surface area contributed by atoms with Gasteiger partial charge in [0.1, 0.15) is 6.61 Å². The van der Waals surface area contributed by atoms with Crippen molar-refractivity contribution in [3.05, 3.63) is 35.9 Å². The van der Waals surface area contributed by atoms with Gasteiger partial charge in [-0.15, -0.1) is 0 Å². The molecule has 4 heteroatoms. The Labute approximate surface area is 99.6 Å². The van der Waals surface area contributed by atoms with Crippen LogP contribution in [0, 0.1) is 11.8 Å². The average molecular weight is 242 g/mol. The lowest BCUT2D eigenvalue weighted by Gasteiger charge is -2.19. The van der Waals surface area contributed by atoms with Gasteiger partial charge >= 0.3 is 5.97 Å². The van der Waals surface area contributed by atoms with Crippen molar-refractivity contribution >= 4 is 5.97 Å². The molecule has 0 aliphatic rings. The summed E-state index contributed by atoms with van der Waals surface area (Å²) >= 11 is 0. The van der Waals surface area contributed by atoms with Gasteiger partial charge in [0.05, 0.1) is 11.5 Å². The number of rotatable bonds is 5. The first kappa shape index (κ1) is 13.6. The van der Waals surface area contributed by atoms with E-state index in [4.69, 9.17) is 4.74 Å². The number of alkyl halides is 2. The fourth-order valence-corrected chi connectivity index (χ4v) is 1.39. The highest BCUT2D eigenvalue weighted by Crippen LogP contribution is 2.20. The van der Waals surface area contributed by atoms with E-state index in [1.807, 2.05) is 0 Å². The Morgan fingerprint density at radius 1 is 1.24 bits per heavy atom. The summed E-state index contributed by atoms with van der Waals surface area (Å²) in [7, 11) is 0. The number of hydrogen-bond donors (Lipinski definition) is 0. The van der Waals surface area contributed by atoms with Crippen LogP contribution in [-0.4, -0.2) is 19.0 Å². The Morgan fingerprint density at radius 3 is 2.29 bits per heavy atom. The maximum absolute atomic E-state index is 12.6. The lowest BCUT2D eigenvalue weighted by Crippen LogP contribution is -2.25. The number of halogens is 2. The molecule has 0 amide bonds. The van der Waals surface area contributed by atoms with Crippen LogP contribution in [0.15, 0.2) is 30.3 Å². The molecule has 1 aromatic carbocycles. The third-order valence-electron chi connectivity index (χ3n) is 2.60. The van der Waals surface area contributed by atoms with Gasteiger partial charge in [0.15, 0.2) is 0 Å². The Kier molecular flexibility index (Phi) is 5.07. The molecule has 0 spiro atoms. The summed E-state index contributed by atoms with van der Waals surface area (Å²) in [5.74, 6) is -1.70. The standard InChI is InChI=1S/C13H16F2O2/c1-9(2)11(12(14)15)8-17-13(16)10-6-4-3-5-7-10/h3-7,9,11-12H,8H2,1-2H3. The molecular weight excluding hydrogens is 226 g/mol. The van der Waals surface area contributed by atoms with E-state index in [1.165, 1.54) is 0 Å². The summed E-state index contributed by atoms with van der Waals surface area (Å²) in [6, 6.07) is 8.35. The van der Waals surface area contributed by atoms with Crippen molar-refractivity contribution in [1.82, 2.24) is 0 Å². The van der Waals surface area contributed by atoms with Crippen LogP contribution in [0.25, 0.3) is 0 Å². The number of hydrogen-bond acceptors (Lipinski definition) is 2. The Bertz CT molecular complexity index is 342. The monoisotopic (exact) mass is 242 g/mol. The molecule has 0 heterocycles. The van der Waals surface area contributed by atoms with Crippen molar-refractivity contribution < 1.29 is 18.3 Å². The van der Waals surface area contributed by atoms with Gasteiger partial charge in [-0.05, 0) is 18.1 Å². The zero-order valence-electron chi connectivity index (χ0n) is 9.90. The fraction of sp³-hybridized carbons (Fsp3) is 0.462. The third-order valence-corrected chi connectivity index (χ3v) is 2.60. The van der Waals surface area contributed by atoms with E-state index in [1.54, 1.807) is 44.2 Å². The van der Waals surface area contributed by atoms with Gasteiger partial charge in [-0.1, -0.05) is 32.0 Å². The fourth-order valence-electron chi connectivity index (χ4n) is 1.39. The summed E-state index contributed by atoms with van der Waals surface area (Å²) < 4.78 is 30.1. The van der Waals surface area contributed by atoms with Crippen LogP contribution in [0.2, 0.25) is 0 Å². The molecule has 0 aliphatic heterocycles. The minimum Gasteiger partial charge on any atom is -0.462 e. The molecule has 1 aromatic rings. The third kappa shape index (κ3) is 4.13. The highest BCUT2D eigenvalue weighted by atomic mass is 19.3. The molecule has 2 nitrogen and oxygen atoms in total. The minimum atomic E-state index is -2.47. The largest absolute Gasteiger partial charge is 0.462 e. The van der Waals surface area contributed by atoms with E-state index in [9.17, 15) is 13.6 Å². The zero-order valence-corrected chi connectivity index (χ0v) is 9.90. The lowest BCUT2D eigenvalue weighted by molar-refractivity contribution is -0.00377. The second-order valence-electron chi connectivity index (χ2n) is 4.21. The minimum absolute atomic E-state index is 0.224. The second kappa shape index (κ2) is 6.33. The van der Waals surface area contributed by atoms with E-state index in [0.29, 0.717) is 5.56 Å². The quantitative estimate of drug-likeness (QED) is 0.740. The lowest BCUT2D eigenvalue weighted by atomic mass is 9.97. The summed E-state index contributed by atoms with van der Waals surface area (Å²) in [4.78, 5) is 11.5. The van der Waals surface area contributed by atoms with E-state index in [0.717, 1.165) is 0 Å². The predicted octanol–water partition coefficient (Wildman–Crippen LogP) is 3.38. The Balaban J connectivity index is 2.53. The van der Waals surface area contributed by atoms with Crippen molar-refractivity contribution in [3.8, 4) is 0 Å². The van der Waals surface area contributed by atoms with Gasteiger partial charge in [0.25, 0.3) is 0 Å². The first-order chi connectivity index (χ1) is 8.02. The van der Waals surface area contributed by atoms with E-state index in [-0.39, 0.29) is 12.5 Å². The number of carbonyl (C=O) groups excluding carboxylic acids is 1. The van der Waals surface area contributed by atoms with E-state index in [2.05, 4.69) is 0 Å². The van der Waals surface area contributed by atoms with Crippen molar-refractivity contribution in [2.45, 2.75) is 20.3 Å². The molecule has 94 valence electrons. The molecule has 1 unspecified atom stereocenters. The summed E-state index contributed by atoms with van der Waals surface area (Å²) in [5.41, 5.74) is 0.379. The van der Waals surface area contributed by atoms with E-state index >= 15 is 0 Å². The van der Waals surface area contributed by atoms with Gasteiger partial charge in [-0.25, -0.2) is 13.6 Å². The van der Waals surface area contributed by atoms with Crippen LogP contribution in [0.3, 0.4) is 0 Å². The number of benzene rings is 1. The van der Waals surface area contributed by atoms with Crippen molar-refractivity contribution in [3.63, 3.8) is 0 Å². The summed E-state index contributed by atoms with van der Waals surface area (Å²) in [6.07, 6.45) is -2.47. The molecule has 17 heavy (non-hydrogen) atoms. The van der Waals surface area contributed by atoms with Crippen LogP contribution in [-0.2, 0) is 4.74 Å². The topological polar surface area (TPSA) is 26.3 Å². The van der Waals surface area contributed by atoms with Gasteiger partial charge in [-0.3, -0.25) is 0 Å². The molecule has 0 radical (unpaired) electrons.